The molecule has 1 spiro atoms. The second-order valence-electron chi connectivity index (χ2n) is 12.7. The minimum Gasteiger partial charge on any atom is -0.465 e. The number of benzene rings is 1. The SMILES string of the molecule is C=C1C(=O)[C@@]23[C@H](O)C[C@@H]4C(C)(C)CCC[C@@]4(COC(C)=O)[C@@H]2[C@@H](O)C[C@H]1[C@H]3OC(=O)CCc1ccccc1. The first-order valence-corrected chi connectivity index (χ1v) is 13.9. The normalized spacial score (nSPS) is 39.2. The van der Waals surface area contributed by atoms with Gasteiger partial charge in [-0.2, -0.15) is 0 Å². The summed E-state index contributed by atoms with van der Waals surface area (Å²) in [5, 5.41) is 23.6. The maximum atomic E-state index is 14.1. The van der Waals surface area contributed by atoms with E-state index in [0.29, 0.717) is 24.8 Å². The number of rotatable bonds is 6. The highest BCUT2D eigenvalue weighted by molar-refractivity contribution is 6.05. The highest BCUT2D eigenvalue weighted by atomic mass is 16.5. The number of aliphatic hydroxyl groups excluding tert-OH is 2. The van der Waals surface area contributed by atoms with Crippen molar-refractivity contribution in [3.63, 3.8) is 0 Å². The minimum atomic E-state index is -1.51. The maximum Gasteiger partial charge on any atom is 0.306 e. The van der Waals surface area contributed by atoms with E-state index < -0.39 is 52.9 Å². The molecule has 206 valence electrons. The Kier molecular flexibility index (Phi) is 6.84. The van der Waals surface area contributed by atoms with Gasteiger partial charge < -0.3 is 19.7 Å². The summed E-state index contributed by atoms with van der Waals surface area (Å²) in [6.07, 6.45) is 0.654. The molecule has 0 amide bonds. The summed E-state index contributed by atoms with van der Waals surface area (Å²) in [6, 6.07) is 9.64. The number of esters is 2. The number of fused-ring (bicyclic) bond motifs is 3. The molecule has 0 saturated heterocycles. The Balaban J connectivity index is 1.55. The van der Waals surface area contributed by atoms with Crippen molar-refractivity contribution in [2.24, 2.45) is 34.0 Å². The average Bonchev–Trinajstić information content (AvgIpc) is 3.00. The van der Waals surface area contributed by atoms with E-state index >= 15 is 0 Å². The van der Waals surface area contributed by atoms with E-state index in [1.165, 1.54) is 6.92 Å². The summed E-state index contributed by atoms with van der Waals surface area (Å²) in [4.78, 5) is 39.3. The van der Waals surface area contributed by atoms with Gasteiger partial charge in [0.2, 0.25) is 0 Å². The predicted octanol–water partition coefficient (Wildman–Crippen LogP) is 3.79. The molecule has 4 aliphatic carbocycles. The lowest BCUT2D eigenvalue weighted by atomic mass is 9.39. The summed E-state index contributed by atoms with van der Waals surface area (Å²) in [6.45, 7) is 9.79. The molecule has 0 unspecified atom stereocenters. The van der Waals surface area contributed by atoms with Gasteiger partial charge in [-0.15, -0.1) is 0 Å². The highest BCUT2D eigenvalue weighted by Crippen LogP contribution is 2.71. The number of ether oxygens (including phenoxy) is 2. The third-order valence-corrected chi connectivity index (χ3v) is 10.4. The number of Topliss-reactive ketones (excluding diaryl/α,β-unsaturated/α-hetero) is 1. The molecule has 5 rings (SSSR count). The molecule has 2 N–H and O–H groups in total. The molecule has 4 fully saturated rings. The third kappa shape index (κ3) is 3.96. The van der Waals surface area contributed by atoms with E-state index in [9.17, 15) is 24.6 Å². The number of aliphatic hydroxyl groups is 2. The van der Waals surface area contributed by atoms with Gasteiger partial charge in [0.15, 0.2) is 5.78 Å². The van der Waals surface area contributed by atoms with Crippen LogP contribution in [0.15, 0.2) is 42.5 Å². The molecule has 38 heavy (non-hydrogen) atoms. The minimum absolute atomic E-state index is 0.0612. The standard InChI is InChI=1S/C31H40O7/c1-18-21-15-22(33)26-30(17-37-19(2)32)14-8-13-29(3,4)23(30)16-24(34)31(26,27(18)36)28(21)38-25(35)12-11-20-9-6-5-7-10-20/h5-7,9-10,21-24,26,28,33-34H,1,8,11-17H2,2-4H3/t21-,22+,23-,24-,26+,28-,30+,31-/m1/s1. The second kappa shape index (κ2) is 9.60. The third-order valence-electron chi connectivity index (χ3n) is 10.4. The fraction of sp³-hybridized carbons (Fsp3) is 0.645. The Bertz CT molecular complexity index is 1130. The number of hydrogen-bond acceptors (Lipinski definition) is 7. The number of carbonyl (C=O) groups excluding carboxylic acids is 3. The molecule has 7 heteroatoms. The molecule has 0 aliphatic heterocycles. The molecular weight excluding hydrogens is 484 g/mol. The Morgan fingerprint density at radius 3 is 2.50 bits per heavy atom. The average molecular weight is 525 g/mol. The van der Waals surface area contributed by atoms with Gasteiger partial charge in [0.25, 0.3) is 0 Å². The number of ketones is 1. The van der Waals surface area contributed by atoms with Crippen molar-refractivity contribution in [2.75, 3.05) is 6.61 Å². The van der Waals surface area contributed by atoms with Crippen LogP contribution in [0.2, 0.25) is 0 Å². The zero-order valence-corrected chi connectivity index (χ0v) is 22.7. The van der Waals surface area contributed by atoms with Crippen molar-refractivity contribution in [1.82, 2.24) is 0 Å². The molecule has 7 nitrogen and oxygen atoms in total. The Morgan fingerprint density at radius 1 is 1.11 bits per heavy atom. The number of hydrogen-bond donors (Lipinski definition) is 2. The van der Waals surface area contributed by atoms with Crippen molar-refractivity contribution in [2.45, 2.75) is 84.0 Å². The number of aryl methyl sites for hydroxylation is 1. The smallest absolute Gasteiger partial charge is 0.306 e. The lowest BCUT2D eigenvalue weighted by molar-refractivity contribution is -0.268. The maximum absolute atomic E-state index is 14.1. The molecule has 0 heterocycles. The summed E-state index contributed by atoms with van der Waals surface area (Å²) < 4.78 is 11.8. The van der Waals surface area contributed by atoms with Crippen molar-refractivity contribution >= 4 is 17.7 Å². The molecule has 4 saturated carbocycles. The van der Waals surface area contributed by atoms with Crippen LogP contribution in [-0.4, -0.2) is 52.9 Å². The van der Waals surface area contributed by atoms with Crippen LogP contribution in [-0.2, 0) is 30.3 Å². The quantitative estimate of drug-likeness (QED) is 0.430. The van der Waals surface area contributed by atoms with Crippen LogP contribution in [0.5, 0.6) is 0 Å². The van der Waals surface area contributed by atoms with Crippen molar-refractivity contribution in [3.8, 4) is 0 Å². The predicted molar refractivity (Wildman–Crippen MR) is 140 cm³/mol. The van der Waals surface area contributed by atoms with Crippen LogP contribution in [0.25, 0.3) is 0 Å². The van der Waals surface area contributed by atoms with Crippen LogP contribution < -0.4 is 0 Å². The number of carbonyl (C=O) groups is 3. The Morgan fingerprint density at radius 2 is 1.82 bits per heavy atom. The molecule has 1 aromatic carbocycles. The first-order valence-electron chi connectivity index (χ1n) is 13.9. The van der Waals surface area contributed by atoms with Gasteiger partial charge in [0.05, 0.1) is 18.8 Å². The summed E-state index contributed by atoms with van der Waals surface area (Å²) >= 11 is 0. The van der Waals surface area contributed by atoms with Crippen LogP contribution in [0, 0.1) is 34.0 Å². The van der Waals surface area contributed by atoms with Gasteiger partial charge >= 0.3 is 11.9 Å². The molecule has 4 aliphatic rings. The van der Waals surface area contributed by atoms with E-state index in [4.69, 9.17) is 9.47 Å². The zero-order chi connectivity index (χ0) is 27.5. The van der Waals surface area contributed by atoms with Crippen LogP contribution >= 0.6 is 0 Å². The molecule has 1 aromatic rings. The van der Waals surface area contributed by atoms with Gasteiger partial charge in [-0.25, -0.2) is 0 Å². The summed E-state index contributed by atoms with van der Waals surface area (Å²) in [5.41, 5.74) is -1.12. The first kappa shape index (κ1) is 27.1. The molecule has 8 atom stereocenters. The molecule has 2 bridgehead atoms. The van der Waals surface area contributed by atoms with Crippen LogP contribution in [0.4, 0.5) is 0 Å². The van der Waals surface area contributed by atoms with Gasteiger partial charge in [-0.05, 0) is 54.6 Å². The van der Waals surface area contributed by atoms with E-state index in [1.54, 1.807) is 0 Å². The van der Waals surface area contributed by atoms with Crippen LogP contribution in [0.3, 0.4) is 0 Å². The highest BCUT2D eigenvalue weighted by Gasteiger charge is 2.78. The fourth-order valence-electron chi connectivity index (χ4n) is 8.91. The first-order chi connectivity index (χ1) is 17.9. The second-order valence-corrected chi connectivity index (χ2v) is 12.7. The Labute approximate surface area is 224 Å². The van der Waals surface area contributed by atoms with E-state index in [-0.39, 0.29) is 36.6 Å². The van der Waals surface area contributed by atoms with Crippen molar-refractivity contribution < 1.29 is 34.1 Å². The van der Waals surface area contributed by atoms with Gasteiger partial charge in [-0.3, -0.25) is 14.4 Å². The van der Waals surface area contributed by atoms with Gasteiger partial charge in [0.1, 0.15) is 11.5 Å². The summed E-state index contributed by atoms with van der Waals surface area (Å²) in [5.74, 6) is -2.54. The zero-order valence-electron chi connectivity index (χ0n) is 22.7. The van der Waals surface area contributed by atoms with E-state index in [2.05, 4.69) is 20.4 Å². The summed E-state index contributed by atoms with van der Waals surface area (Å²) in [7, 11) is 0. The fourth-order valence-corrected chi connectivity index (χ4v) is 8.91. The lowest BCUT2D eigenvalue weighted by Crippen LogP contribution is -2.72. The molecule has 0 radical (unpaired) electrons. The van der Waals surface area contributed by atoms with Gasteiger partial charge in [-0.1, -0.05) is 57.2 Å². The van der Waals surface area contributed by atoms with Crippen molar-refractivity contribution in [1.29, 1.82) is 0 Å². The van der Waals surface area contributed by atoms with Crippen LogP contribution in [0.1, 0.15) is 64.9 Å². The topological polar surface area (TPSA) is 110 Å². The Hall–Kier alpha value is -2.51. The monoisotopic (exact) mass is 524 g/mol. The van der Waals surface area contributed by atoms with E-state index in [0.717, 1.165) is 18.4 Å². The lowest BCUT2D eigenvalue weighted by Gasteiger charge is -2.66. The molecule has 0 aromatic heterocycles. The van der Waals surface area contributed by atoms with E-state index in [1.807, 2.05) is 30.3 Å². The van der Waals surface area contributed by atoms with Crippen molar-refractivity contribution in [3.05, 3.63) is 48.0 Å². The molecular formula is C31H40O7. The van der Waals surface area contributed by atoms with Gasteiger partial charge in [0, 0.05) is 30.6 Å². The largest absolute Gasteiger partial charge is 0.465 e.